The normalized spacial score (nSPS) is 22.8. The van der Waals surface area contributed by atoms with Crippen LogP contribution >= 0.6 is 22.9 Å². The van der Waals surface area contributed by atoms with Crippen LogP contribution in [0.5, 0.6) is 0 Å². The topological polar surface area (TPSA) is 24.9 Å². The van der Waals surface area contributed by atoms with E-state index < -0.39 is 0 Å². The smallest absolute Gasteiger partial charge is 0.0965 e. The summed E-state index contributed by atoms with van der Waals surface area (Å²) in [6, 6.07) is 0. The highest BCUT2D eigenvalue weighted by atomic mass is 35.5. The second-order valence-electron chi connectivity index (χ2n) is 3.07. The predicted octanol–water partition coefficient (Wildman–Crippen LogP) is 1.82. The first kappa shape index (κ1) is 9.19. The number of hydrogen-bond donors (Lipinski definition) is 1. The molecule has 2 rings (SSSR count). The van der Waals surface area contributed by atoms with E-state index in [4.69, 9.17) is 11.6 Å². The van der Waals surface area contributed by atoms with Crippen molar-refractivity contribution in [1.82, 2.24) is 10.3 Å². The average molecular weight is 215 g/mol. The Labute approximate surface area is 86.6 Å². The molecule has 1 N–H and O–H groups in total. The molecule has 0 saturated heterocycles. The molecule has 0 saturated carbocycles. The minimum Gasteiger partial charge on any atom is -0.311 e. The number of alkyl halides is 1. The van der Waals surface area contributed by atoms with E-state index in [-0.39, 0.29) is 5.38 Å². The van der Waals surface area contributed by atoms with Crippen molar-refractivity contribution < 1.29 is 0 Å². The molecule has 2 nitrogen and oxygen atoms in total. The van der Waals surface area contributed by atoms with Crippen LogP contribution in [-0.2, 0) is 6.42 Å². The van der Waals surface area contributed by atoms with Gasteiger partial charge in [0.1, 0.15) is 0 Å². The Kier molecular flexibility index (Phi) is 2.98. The first-order valence-corrected chi connectivity index (χ1v) is 5.59. The average Bonchev–Trinajstić information content (AvgIpc) is 2.57. The number of halogens is 1. The maximum Gasteiger partial charge on any atom is 0.0965 e. The van der Waals surface area contributed by atoms with Gasteiger partial charge in [0.2, 0.25) is 0 Å². The monoisotopic (exact) mass is 214 g/mol. The molecule has 1 aliphatic rings. The van der Waals surface area contributed by atoms with Crippen LogP contribution in [0.4, 0.5) is 0 Å². The van der Waals surface area contributed by atoms with Crippen molar-refractivity contribution in [1.29, 1.82) is 0 Å². The van der Waals surface area contributed by atoms with Gasteiger partial charge in [-0.2, -0.15) is 0 Å². The summed E-state index contributed by atoms with van der Waals surface area (Å²) in [5.41, 5.74) is 1.35. The maximum atomic E-state index is 6.00. The number of thiazole rings is 1. The fourth-order valence-electron chi connectivity index (χ4n) is 1.40. The van der Waals surface area contributed by atoms with E-state index in [0.717, 1.165) is 19.5 Å². The van der Waals surface area contributed by atoms with Crippen LogP contribution in [0.1, 0.15) is 5.01 Å². The number of hydrogen-bond acceptors (Lipinski definition) is 3. The highest BCUT2D eigenvalue weighted by Crippen LogP contribution is 2.14. The largest absolute Gasteiger partial charge is 0.311 e. The third-order valence-corrected chi connectivity index (χ3v) is 3.03. The minimum absolute atomic E-state index is 0.142. The molecule has 13 heavy (non-hydrogen) atoms. The molecule has 1 aromatic rings. The third-order valence-electron chi connectivity index (χ3n) is 1.97. The fourth-order valence-corrected chi connectivity index (χ4v) is 2.36. The Balaban J connectivity index is 2.02. The van der Waals surface area contributed by atoms with Gasteiger partial charge in [0.15, 0.2) is 0 Å². The van der Waals surface area contributed by atoms with Crippen molar-refractivity contribution >= 4 is 22.9 Å². The van der Waals surface area contributed by atoms with E-state index in [0.29, 0.717) is 0 Å². The molecule has 0 bridgehead atoms. The molecule has 1 unspecified atom stereocenters. The Bertz CT molecular complexity index is 295. The lowest BCUT2D eigenvalue weighted by atomic mass is 10.1. The van der Waals surface area contributed by atoms with Gasteiger partial charge >= 0.3 is 0 Å². The SMILES string of the molecule is ClC1C=C(Cc2nccs2)CNC1. The second kappa shape index (κ2) is 4.22. The van der Waals surface area contributed by atoms with Gasteiger partial charge in [-0.1, -0.05) is 11.6 Å². The lowest BCUT2D eigenvalue weighted by Gasteiger charge is -2.16. The molecule has 2 heterocycles. The number of rotatable bonds is 2. The van der Waals surface area contributed by atoms with Crippen molar-refractivity contribution in [3.63, 3.8) is 0 Å². The van der Waals surface area contributed by atoms with E-state index in [1.807, 2.05) is 11.6 Å². The van der Waals surface area contributed by atoms with E-state index in [9.17, 15) is 0 Å². The molecule has 1 aliphatic heterocycles. The number of nitrogens with one attached hydrogen (secondary N) is 1. The summed E-state index contributed by atoms with van der Waals surface area (Å²) in [6.45, 7) is 1.83. The van der Waals surface area contributed by atoms with Crippen LogP contribution in [0, 0.1) is 0 Å². The molecule has 0 radical (unpaired) electrons. The summed E-state index contributed by atoms with van der Waals surface area (Å²) >= 11 is 7.69. The van der Waals surface area contributed by atoms with Gasteiger partial charge in [0, 0.05) is 31.1 Å². The Morgan fingerprint density at radius 3 is 3.31 bits per heavy atom. The van der Waals surface area contributed by atoms with Gasteiger partial charge in [-0.25, -0.2) is 4.98 Å². The van der Waals surface area contributed by atoms with Crippen LogP contribution in [0.25, 0.3) is 0 Å². The predicted molar refractivity (Wildman–Crippen MR) is 56.4 cm³/mol. The highest BCUT2D eigenvalue weighted by Gasteiger charge is 2.11. The molecule has 0 aromatic carbocycles. The van der Waals surface area contributed by atoms with Crippen LogP contribution in [0.2, 0.25) is 0 Å². The molecule has 70 valence electrons. The summed E-state index contributed by atoms with van der Waals surface area (Å²) in [5, 5.41) is 6.59. The van der Waals surface area contributed by atoms with Crippen molar-refractivity contribution in [3.8, 4) is 0 Å². The third kappa shape index (κ3) is 2.53. The van der Waals surface area contributed by atoms with Crippen molar-refractivity contribution in [2.45, 2.75) is 11.8 Å². The molecule has 0 amide bonds. The van der Waals surface area contributed by atoms with Gasteiger partial charge in [0.25, 0.3) is 0 Å². The first-order valence-electron chi connectivity index (χ1n) is 4.27. The second-order valence-corrected chi connectivity index (χ2v) is 4.61. The van der Waals surface area contributed by atoms with Crippen molar-refractivity contribution in [2.75, 3.05) is 13.1 Å². The van der Waals surface area contributed by atoms with Crippen LogP contribution in [0.15, 0.2) is 23.2 Å². The number of aromatic nitrogens is 1. The number of nitrogens with zero attached hydrogens (tertiary/aromatic N) is 1. The van der Waals surface area contributed by atoms with Crippen LogP contribution < -0.4 is 5.32 Å². The highest BCUT2D eigenvalue weighted by molar-refractivity contribution is 7.09. The molecular formula is C9H11ClN2S. The Morgan fingerprint density at radius 2 is 2.62 bits per heavy atom. The first-order chi connectivity index (χ1) is 6.34. The van der Waals surface area contributed by atoms with E-state index in [1.165, 1.54) is 10.6 Å². The fraction of sp³-hybridized carbons (Fsp3) is 0.444. The molecule has 0 spiro atoms. The summed E-state index contributed by atoms with van der Waals surface area (Å²) in [4.78, 5) is 4.24. The zero-order valence-electron chi connectivity index (χ0n) is 7.16. The summed E-state index contributed by atoms with van der Waals surface area (Å²) in [7, 11) is 0. The van der Waals surface area contributed by atoms with E-state index >= 15 is 0 Å². The molecule has 0 fully saturated rings. The zero-order valence-corrected chi connectivity index (χ0v) is 8.74. The van der Waals surface area contributed by atoms with Crippen LogP contribution in [0.3, 0.4) is 0 Å². The minimum atomic E-state index is 0.142. The maximum absolute atomic E-state index is 6.00. The van der Waals surface area contributed by atoms with E-state index in [2.05, 4.69) is 16.4 Å². The van der Waals surface area contributed by atoms with Gasteiger partial charge in [0.05, 0.1) is 10.4 Å². The van der Waals surface area contributed by atoms with Crippen LogP contribution in [-0.4, -0.2) is 23.5 Å². The molecular weight excluding hydrogens is 204 g/mol. The van der Waals surface area contributed by atoms with Crippen molar-refractivity contribution in [3.05, 3.63) is 28.2 Å². The molecule has 0 aliphatic carbocycles. The Morgan fingerprint density at radius 1 is 1.69 bits per heavy atom. The van der Waals surface area contributed by atoms with E-state index in [1.54, 1.807) is 11.3 Å². The molecule has 4 heteroatoms. The summed E-state index contributed by atoms with van der Waals surface area (Å²) in [6.07, 6.45) is 4.92. The summed E-state index contributed by atoms with van der Waals surface area (Å²) < 4.78 is 0. The summed E-state index contributed by atoms with van der Waals surface area (Å²) in [5.74, 6) is 0. The lowest BCUT2D eigenvalue weighted by Crippen LogP contribution is -2.30. The quantitative estimate of drug-likeness (QED) is 0.600. The standard InChI is InChI=1S/C9H11ClN2S/c10-8-3-7(5-11-6-8)4-9-12-1-2-13-9/h1-3,8,11H,4-6H2. The molecule has 1 atom stereocenters. The Hall–Kier alpha value is -0.380. The van der Waals surface area contributed by atoms with Gasteiger partial charge in [-0.05, 0) is 0 Å². The molecule has 1 aromatic heterocycles. The zero-order chi connectivity index (χ0) is 9.10. The van der Waals surface area contributed by atoms with Gasteiger partial charge < -0.3 is 5.32 Å². The van der Waals surface area contributed by atoms with Gasteiger partial charge in [-0.15, -0.1) is 22.9 Å². The van der Waals surface area contributed by atoms with Crippen molar-refractivity contribution in [2.24, 2.45) is 0 Å². The lowest BCUT2D eigenvalue weighted by molar-refractivity contribution is 0.694. The van der Waals surface area contributed by atoms with Gasteiger partial charge in [-0.3, -0.25) is 0 Å².